The Bertz CT molecular complexity index is 1050. The number of aromatic hydroxyl groups is 3. The Morgan fingerprint density at radius 1 is 0.846 bits per heavy atom. The van der Waals surface area contributed by atoms with Crippen LogP contribution in [-0.4, -0.2) is 36.6 Å². The summed E-state index contributed by atoms with van der Waals surface area (Å²) in [6, 6.07) is 4.99. The number of phenolic OH excluding ortho intramolecular Hbond substituents is 3. The zero-order chi connectivity index (χ0) is 19.0. The van der Waals surface area contributed by atoms with Gasteiger partial charge in [-0.3, -0.25) is 4.79 Å². The lowest BCUT2D eigenvalue weighted by atomic mass is 10.1. The van der Waals surface area contributed by atoms with Crippen LogP contribution in [0.5, 0.6) is 34.5 Å². The highest BCUT2D eigenvalue weighted by Crippen LogP contribution is 2.49. The molecule has 8 nitrogen and oxygen atoms in total. The van der Waals surface area contributed by atoms with Crippen LogP contribution in [-0.2, 0) is 0 Å². The van der Waals surface area contributed by atoms with E-state index in [0.29, 0.717) is 0 Å². The first kappa shape index (κ1) is 17.3. The van der Waals surface area contributed by atoms with Crippen molar-refractivity contribution in [3.8, 4) is 45.8 Å². The number of ether oxygens (including phenoxy) is 3. The van der Waals surface area contributed by atoms with Crippen LogP contribution < -0.4 is 19.6 Å². The summed E-state index contributed by atoms with van der Waals surface area (Å²) in [5.74, 6) is -0.905. The molecule has 0 aliphatic heterocycles. The van der Waals surface area contributed by atoms with E-state index in [1.807, 2.05) is 0 Å². The molecule has 0 radical (unpaired) electrons. The van der Waals surface area contributed by atoms with Crippen molar-refractivity contribution < 1.29 is 33.9 Å². The molecule has 1 heterocycles. The summed E-state index contributed by atoms with van der Waals surface area (Å²) in [6.07, 6.45) is 0. The molecular weight excluding hydrogens is 344 g/mol. The molecule has 3 rings (SSSR count). The minimum Gasteiger partial charge on any atom is -0.507 e. The van der Waals surface area contributed by atoms with Gasteiger partial charge in [-0.05, 0) is 6.07 Å². The summed E-state index contributed by atoms with van der Waals surface area (Å²) < 4.78 is 20.8. The van der Waals surface area contributed by atoms with Crippen molar-refractivity contribution in [3.05, 3.63) is 34.5 Å². The zero-order valence-electron chi connectivity index (χ0n) is 14.2. The minimum atomic E-state index is -0.532. The summed E-state index contributed by atoms with van der Waals surface area (Å²) in [5.41, 5.74) is -0.463. The Labute approximate surface area is 147 Å². The van der Waals surface area contributed by atoms with Crippen LogP contribution in [0.3, 0.4) is 0 Å². The normalized spacial score (nSPS) is 10.7. The lowest BCUT2D eigenvalue weighted by molar-refractivity contribution is 0.317. The molecule has 0 saturated carbocycles. The van der Waals surface area contributed by atoms with Gasteiger partial charge in [0.15, 0.2) is 16.9 Å². The fourth-order valence-corrected chi connectivity index (χ4v) is 2.69. The molecule has 0 bridgehead atoms. The second-order valence-electron chi connectivity index (χ2n) is 5.35. The molecular formula is C18H16O8. The molecule has 3 aromatic rings. The van der Waals surface area contributed by atoms with Crippen LogP contribution >= 0.6 is 0 Å². The van der Waals surface area contributed by atoms with E-state index in [1.165, 1.54) is 39.5 Å². The van der Waals surface area contributed by atoms with Gasteiger partial charge in [-0.1, -0.05) is 0 Å². The van der Waals surface area contributed by atoms with Crippen LogP contribution in [0.2, 0.25) is 0 Å². The van der Waals surface area contributed by atoms with Crippen LogP contribution in [0, 0.1) is 0 Å². The number of benzene rings is 2. The van der Waals surface area contributed by atoms with Gasteiger partial charge in [0.25, 0.3) is 0 Å². The van der Waals surface area contributed by atoms with Gasteiger partial charge >= 0.3 is 0 Å². The first-order valence-corrected chi connectivity index (χ1v) is 7.43. The highest BCUT2D eigenvalue weighted by Gasteiger charge is 2.22. The summed E-state index contributed by atoms with van der Waals surface area (Å²) in [7, 11) is 4.00. The molecule has 0 unspecified atom stereocenters. The summed E-state index contributed by atoms with van der Waals surface area (Å²) in [4.78, 5) is 12.4. The second-order valence-corrected chi connectivity index (χ2v) is 5.35. The van der Waals surface area contributed by atoms with Crippen molar-refractivity contribution in [2.75, 3.05) is 21.3 Å². The van der Waals surface area contributed by atoms with Gasteiger partial charge in [0.2, 0.25) is 11.5 Å². The maximum atomic E-state index is 12.4. The Morgan fingerprint density at radius 3 is 2.15 bits per heavy atom. The third kappa shape index (κ3) is 2.61. The van der Waals surface area contributed by atoms with Crippen LogP contribution in [0.4, 0.5) is 0 Å². The van der Waals surface area contributed by atoms with Gasteiger partial charge < -0.3 is 33.9 Å². The van der Waals surface area contributed by atoms with Crippen LogP contribution in [0.1, 0.15) is 0 Å². The number of rotatable bonds is 4. The number of fused-ring (bicyclic) bond motifs is 1. The van der Waals surface area contributed by atoms with E-state index in [1.54, 1.807) is 0 Å². The largest absolute Gasteiger partial charge is 0.507 e. The predicted molar refractivity (Wildman–Crippen MR) is 92.6 cm³/mol. The van der Waals surface area contributed by atoms with E-state index in [9.17, 15) is 20.1 Å². The van der Waals surface area contributed by atoms with Crippen molar-refractivity contribution in [1.29, 1.82) is 0 Å². The highest BCUT2D eigenvalue weighted by atomic mass is 16.5. The van der Waals surface area contributed by atoms with Gasteiger partial charge in [0.05, 0.1) is 26.9 Å². The third-order valence-electron chi connectivity index (χ3n) is 3.88. The Hall–Kier alpha value is -3.55. The molecule has 0 amide bonds. The molecule has 0 atom stereocenters. The van der Waals surface area contributed by atoms with Crippen LogP contribution in [0.15, 0.2) is 33.5 Å². The van der Waals surface area contributed by atoms with Crippen molar-refractivity contribution in [2.24, 2.45) is 0 Å². The maximum absolute atomic E-state index is 12.4. The van der Waals surface area contributed by atoms with E-state index >= 15 is 0 Å². The minimum absolute atomic E-state index is 0.0152. The van der Waals surface area contributed by atoms with Gasteiger partial charge in [0, 0.05) is 18.2 Å². The molecule has 2 aromatic carbocycles. The average Bonchev–Trinajstić information content (AvgIpc) is 2.61. The average molecular weight is 360 g/mol. The van der Waals surface area contributed by atoms with Crippen molar-refractivity contribution in [2.45, 2.75) is 0 Å². The number of methoxy groups -OCH3 is 3. The molecule has 26 heavy (non-hydrogen) atoms. The third-order valence-corrected chi connectivity index (χ3v) is 3.88. The Balaban J connectivity index is 2.33. The molecule has 0 saturated heterocycles. The van der Waals surface area contributed by atoms with Gasteiger partial charge in [-0.25, -0.2) is 0 Å². The first-order chi connectivity index (χ1) is 12.4. The van der Waals surface area contributed by atoms with E-state index in [-0.39, 0.29) is 56.8 Å². The number of hydrogen-bond acceptors (Lipinski definition) is 8. The van der Waals surface area contributed by atoms with E-state index < -0.39 is 5.43 Å². The summed E-state index contributed by atoms with van der Waals surface area (Å²) >= 11 is 0. The molecule has 1 aromatic heterocycles. The highest BCUT2D eigenvalue weighted by molar-refractivity contribution is 5.87. The van der Waals surface area contributed by atoms with Gasteiger partial charge in [0.1, 0.15) is 28.2 Å². The summed E-state index contributed by atoms with van der Waals surface area (Å²) in [5, 5.41) is 30.5. The molecule has 8 heteroatoms. The van der Waals surface area contributed by atoms with E-state index in [2.05, 4.69) is 0 Å². The van der Waals surface area contributed by atoms with Crippen molar-refractivity contribution >= 4 is 11.0 Å². The number of phenols is 3. The molecule has 0 spiro atoms. The van der Waals surface area contributed by atoms with Gasteiger partial charge in [-0.15, -0.1) is 0 Å². The van der Waals surface area contributed by atoms with Crippen LogP contribution in [0.25, 0.3) is 22.3 Å². The zero-order valence-corrected chi connectivity index (χ0v) is 14.2. The maximum Gasteiger partial charge on any atom is 0.207 e. The molecule has 0 aliphatic carbocycles. The van der Waals surface area contributed by atoms with Crippen molar-refractivity contribution in [3.63, 3.8) is 0 Å². The standard InChI is InChI=1S/C18H16O8/c1-23-8-4-10(19)15-11(20)7-13(26-14(15)5-8)9-6-12(21)17(24-2)18(25-3)16(9)22/h4-7,19,21-22H,1-3H3. The molecule has 0 fully saturated rings. The summed E-state index contributed by atoms with van der Waals surface area (Å²) in [6.45, 7) is 0. The second kappa shape index (κ2) is 6.40. The van der Waals surface area contributed by atoms with Gasteiger partial charge in [-0.2, -0.15) is 0 Å². The Kier molecular flexibility index (Phi) is 4.25. The smallest absolute Gasteiger partial charge is 0.207 e. The fourth-order valence-electron chi connectivity index (χ4n) is 2.69. The topological polar surface area (TPSA) is 119 Å². The van der Waals surface area contributed by atoms with E-state index in [4.69, 9.17) is 18.6 Å². The SMILES string of the molecule is COc1cc(O)c2c(=O)cc(-c3cc(O)c(OC)c(OC)c3O)oc2c1. The fraction of sp³-hybridized carbons (Fsp3) is 0.167. The predicted octanol–water partition coefficient (Wildman–Crippen LogP) is 2.60. The quantitative estimate of drug-likeness (QED) is 0.608. The lowest BCUT2D eigenvalue weighted by Gasteiger charge is -2.14. The van der Waals surface area contributed by atoms with E-state index in [0.717, 1.165) is 6.07 Å². The molecule has 3 N–H and O–H groups in total. The van der Waals surface area contributed by atoms with Crippen molar-refractivity contribution in [1.82, 2.24) is 0 Å². The monoisotopic (exact) mass is 360 g/mol. The first-order valence-electron chi connectivity index (χ1n) is 7.43. The Morgan fingerprint density at radius 2 is 1.54 bits per heavy atom. The lowest BCUT2D eigenvalue weighted by Crippen LogP contribution is -2.02. The molecule has 0 aliphatic rings. The molecule has 136 valence electrons. The number of hydrogen-bond donors (Lipinski definition) is 3.